The third kappa shape index (κ3) is 3.70. The van der Waals surface area contributed by atoms with Gasteiger partial charge in [0, 0.05) is 23.4 Å². The van der Waals surface area contributed by atoms with Crippen LogP contribution in [-0.2, 0) is 6.54 Å². The van der Waals surface area contributed by atoms with Gasteiger partial charge in [-0.2, -0.15) is 0 Å². The second-order valence-electron chi connectivity index (χ2n) is 4.52. The van der Waals surface area contributed by atoms with Gasteiger partial charge in [0.1, 0.15) is 11.6 Å². The Bertz CT molecular complexity index is 643. The Morgan fingerprint density at radius 3 is 2.81 bits per heavy atom. The molecule has 0 aliphatic carbocycles. The minimum atomic E-state index is -0.192. The summed E-state index contributed by atoms with van der Waals surface area (Å²) < 4.78 is 5.25. The molecule has 1 amide bonds. The molecule has 6 heteroatoms. The van der Waals surface area contributed by atoms with E-state index in [-0.39, 0.29) is 5.91 Å². The van der Waals surface area contributed by atoms with E-state index in [1.807, 2.05) is 24.3 Å². The fourth-order valence-electron chi connectivity index (χ4n) is 2.00. The van der Waals surface area contributed by atoms with Crippen molar-refractivity contribution >= 4 is 11.7 Å². The van der Waals surface area contributed by atoms with Gasteiger partial charge in [-0.15, -0.1) is 0 Å². The number of methoxy groups -OCH3 is 1. The molecule has 0 unspecified atom stereocenters. The molecule has 0 saturated carbocycles. The summed E-state index contributed by atoms with van der Waals surface area (Å²) in [5, 5.41) is 2.85. The van der Waals surface area contributed by atoms with E-state index in [1.54, 1.807) is 26.2 Å². The first-order valence-corrected chi connectivity index (χ1v) is 6.49. The zero-order valence-electron chi connectivity index (χ0n) is 12.0. The van der Waals surface area contributed by atoms with Gasteiger partial charge in [-0.1, -0.05) is 18.2 Å². The maximum absolute atomic E-state index is 12.2. The number of pyridine rings is 1. The topological polar surface area (TPSA) is 89.3 Å². The smallest absolute Gasteiger partial charge is 0.251 e. The summed E-state index contributed by atoms with van der Waals surface area (Å²) in [5.74, 6) is 6.34. The molecular formula is C15H18N4O2. The average Bonchev–Trinajstić information content (AvgIpc) is 2.52. The van der Waals surface area contributed by atoms with Crippen molar-refractivity contribution in [2.24, 2.45) is 5.84 Å². The standard InChI is InChI=1S/C15H18N4O2/c1-10-7-12(8-14(18-10)19-16)15(20)17-9-11-5-3-4-6-13(11)21-2/h3-8H,9,16H2,1-2H3,(H,17,20)(H,18,19). The van der Waals surface area contributed by atoms with Gasteiger partial charge in [-0.3, -0.25) is 4.79 Å². The zero-order valence-corrected chi connectivity index (χ0v) is 12.0. The third-order valence-corrected chi connectivity index (χ3v) is 3.00. The Labute approximate surface area is 123 Å². The second-order valence-corrected chi connectivity index (χ2v) is 4.52. The summed E-state index contributed by atoms with van der Waals surface area (Å²) in [4.78, 5) is 16.3. The van der Waals surface area contributed by atoms with Crippen molar-refractivity contribution in [1.29, 1.82) is 0 Å². The van der Waals surface area contributed by atoms with Gasteiger partial charge >= 0.3 is 0 Å². The highest BCUT2D eigenvalue weighted by Gasteiger charge is 2.09. The average molecular weight is 286 g/mol. The summed E-state index contributed by atoms with van der Waals surface area (Å²) in [5.41, 5.74) is 4.58. The number of rotatable bonds is 5. The minimum Gasteiger partial charge on any atom is -0.496 e. The number of hydrogen-bond donors (Lipinski definition) is 3. The molecule has 21 heavy (non-hydrogen) atoms. The highest BCUT2D eigenvalue weighted by atomic mass is 16.5. The summed E-state index contributed by atoms with van der Waals surface area (Å²) in [6.45, 7) is 2.19. The molecule has 0 spiro atoms. The molecule has 0 aliphatic rings. The van der Waals surface area contributed by atoms with Crippen molar-refractivity contribution in [3.63, 3.8) is 0 Å². The number of hydrazine groups is 1. The number of ether oxygens (including phenoxy) is 1. The number of nitrogens with zero attached hydrogens (tertiary/aromatic N) is 1. The second kappa shape index (κ2) is 6.71. The molecule has 2 aromatic rings. The van der Waals surface area contributed by atoms with Crippen molar-refractivity contribution in [2.45, 2.75) is 13.5 Å². The maximum atomic E-state index is 12.2. The highest BCUT2D eigenvalue weighted by molar-refractivity contribution is 5.95. The number of aromatic nitrogens is 1. The molecule has 0 fully saturated rings. The van der Waals surface area contributed by atoms with E-state index in [9.17, 15) is 4.79 Å². The molecule has 2 rings (SSSR count). The number of anilines is 1. The molecule has 0 saturated heterocycles. The first-order valence-electron chi connectivity index (χ1n) is 6.49. The number of nitrogen functional groups attached to an aromatic ring is 1. The molecule has 0 atom stereocenters. The van der Waals surface area contributed by atoms with Crippen LogP contribution in [0.25, 0.3) is 0 Å². The Morgan fingerprint density at radius 2 is 2.10 bits per heavy atom. The van der Waals surface area contributed by atoms with Crippen LogP contribution in [0.4, 0.5) is 5.82 Å². The predicted molar refractivity (Wildman–Crippen MR) is 80.9 cm³/mol. The zero-order chi connectivity index (χ0) is 15.2. The molecule has 4 N–H and O–H groups in total. The SMILES string of the molecule is COc1ccccc1CNC(=O)c1cc(C)nc(NN)c1. The first kappa shape index (κ1) is 14.8. The molecule has 0 radical (unpaired) electrons. The highest BCUT2D eigenvalue weighted by Crippen LogP contribution is 2.17. The van der Waals surface area contributed by atoms with Crippen LogP contribution in [0.5, 0.6) is 5.75 Å². The number of benzene rings is 1. The predicted octanol–water partition coefficient (Wildman–Crippen LogP) is 1.61. The molecule has 0 bridgehead atoms. The van der Waals surface area contributed by atoms with E-state index in [0.717, 1.165) is 11.3 Å². The number of nitrogens with two attached hydrogens (primary N) is 1. The molecular weight excluding hydrogens is 268 g/mol. The van der Waals surface area contributed by atoms with E-state index in [2.05, 4.69) is 15.7 Å². The van der Waals surface area contributed by atoms with Crippen LogP contribution in [0.3, 0.4) is 0 Å². The van der Waals surface area contributed by atoms with Gasteiger partial charge in [-0.05, 0) is 25.1 Å². The maximum Gasteiger partial charge on any atom is 0.251 e. The van der Waals surface area contributed by atoms with E-state index in [4.69, 9.17) is 10.6 Å². The van der Waals surface area contributed by atoms with Crippen LogP contribution in [0.15, 0.2) is 36.4 Å². The molecule has 0 aliphatic heterocycles. The van der Waals surface area contributed by atoms with Gasteiger partial charge in [0.15, 0.2) is 0 Å². The number of amides is 1. The summed E-state index contributed by atoms with van der Waals surface area (Å²) in [7, 11) is 1.60. The molecule has 1 heterocycles. The normalized spacial score (nSPS) is 10.0. The van der Waals surface area contributed by atoms with Gasteiger partial charge in [0.25, 0.3) is 5.91 Å². The fourth-order valence-corrected chi connectivity index (χ4v) is 2.00. The van der Waals surface area contributed by atoms with Crippen LogP contribution in [-0.4, -0.2) is 18.0 Å². The molecule has 110 valence electrons. The Kier molecular flexibility index (Phi) is 4.73. The lowest BCUT2D eigenvalue weighted by atomic mass is 10.1. The van der Waals surface area contributed by atoms with E-state index in [1.165, 1.54) is 0 Å². The van der Waals surface area contributed by atoms with Crippen LogP contribution in [0.1, 0.15) is 21.6 Å². The number of hydrogen-bond acceptors (Lipinski definition) is 5. The van der Waals surface area contributed by atoms with E-state index < -0.39 is 0 Å². The largest absolute Gasteiger partial charge is 0.496 e. The van der Waals surface area contributed by atoms with Crippen LogP contribution in [0, 0.1) is 6.92 Å². The van der Waals surface area contributed by atoms with Crippen molar-refractivity contribution in [3.05, 3.63) is 53.2 Å². The van der Waals surface area contributed by atoms with E-state index >= 15 is 0 Å². The molecule has 1 aromatic heterocycles. The third-order valence-electron chi connectivity index (χ3n) is 3.00. The lowest BCUT2D eigenvalue weighted by molar-refractivity contribution is 0.0950. The van der Waals surface area contributed by atoms with Gasteiger partial charge in [-0.25, -0.2) is 10.8 Å². The van der Waals surface area contributed by atoms with Gasteiger partial charge in [0.05, 0.1) is 7.11 Å². The van der Waals surface area contributed by atoms with Crippen LogP contribution >= 0.6 is 0 Å². The van der Waals surface area contributed by atoms with Crippen molar-refractivity contribution in [2.75, 3.05) is 12.5 Å². The lowest BCUT2D eigenvalue weighted by Gasteiger charge is -2.10. The number of nitrogens with one attached hydrogen (secondary N) is 2. The molecule has 1 aromatic carbocycles. The molecule has 6 nitrogen and oxygen atoms in total. The van der Waals surface area contributed by atoms with Crippen LogP contribution in [0.2, 0.25) is 0 Å². The first-order chi connectivity index (χ1) is 10.1. The van der Waals surface area contributed by atoms with Crippen LogP contribution < -0.4 is 21.3 Å². The summed E-state index contributed by atoms with van der Waals surface area (Å²) in [6.07, 6.45) is 0. The Morgan fingerprint density at radius 1 is 1.33 bits per heavy atom. The number of carbonyl (C=O) groups excluding carboxylic acids is 1. The fraction of sp³-hybridized carbons (Fsp3) is 0.200. The summed E-state index contributed by atoms with van der Waals surface area (Å²) in [6, 6.07) is 10.9. The number of aryl methyl sites for hydroxylation is 1. The Balaban J connectivity index is 2.10. The van der Waals surface area contributed by atoms with E-state index in [0.29, 0.717) is 23.6 Å². The van der Waals surface area contributed by atoms with Gasteiger partial charge < -0.3 is 15.5 Å². The minimum absolute atomic E-state index is 0.192. The van der Waals surface area contributed by atoms with Crippen molar-refractivity contribution in [3.8, 4) is 5.75 Å². The number of para-hydroxylation sites is 1. The number of carbonyl (C=O) groups is 1. The van der Waals surface area contributed by atoms with Gasteiger partial charge in [0.2, 0.25) is 0 Å². The van der Waals surface area contributed by atoms with Crippen molar-refractivity contribution in [1.82, 2.24) is 10.3 Å². The Hall–Kier alpha value is -2.60. The van der Waals surface area contributed by atoms with Crippen molar-refractivity contribution < 1.29 is 9.53 Å². The quantitative estimate of drug-likeness (QED) is 0.574. The summed E-state index contributed by atoms with van der Waals surface area (Å²) >= 11 is 0. The monoisotopic (exact) mass is 286 g/mol. The lowest BCUT2D eigenvalue weighted by Crippen LogP contribution is -2.23.